The van der Waals surface area contributed by atoms with Gasteiger partial charge in [0.1, 0.15) is 16.9 Å². The van der Waals surface area contributed by atoms with Crippen LogP contribution in [0.15, 0.2) is 44.0 Å². The van der Waals surface area contributed by atoms with Crippen LogP contribution in [0.2, 0.25) is 5.02 Å². The average molecular weight is 452 g/mol. The smallest absolute Gasteiger partial charge is 0.339 e. The lowest BCUT2D eigenvalue weighted by molar-refractivity contribution is -0.121. The van der Waals surface area contributed by atoms with Crippen molar-refractivity contribution >= 4 is 39.4 Å². The largest absolute Gasteiger partial charge is 0.461 e. The maximum Gasteiger partial charge on any atom is 0.339 e. The normalized spacial score (nSPS) is 11.4. The molecule has 2 heterocycles. The molecule has 1 N–H and O–H groups in total. The Balaban J connectivity index is 1.50. The number of hydrogen-bond acceptors (Lipinski definition) is 4. The van der Waals surface area contributed by atoms with Crippen LogP contribution in [0.5, 0.6) is 0 Å². The van der Waals surface area contributed by atoms with Crippen molar-refractivity contribution in [3.63, 3.8) is 0 Å². The lowest BCUT2D eigenvalue weighted by Crippen LogP contribution is -2.26. The van der Waals surface area contributed by atoms with E-state index in [1.807, 2.05) is 58.0 Å². The first kappa shape index (κ1) is 22.2. The van der Waals surface area contributed by atoms with E-state index in [1.165, 1.54) is 0 Å². The molecular weight excluding hydrogens is 426 g/mol. The van der Waals surface area contributed by atoms with Gasteiger partial charge in [0.15, 0.2) is 0 Å². The summed E-state index contributed by atoms with van der Waals surface area (Å²) in [5.41, 5.74) is 5.31. The van der Waals surface area contributed by atoms with Gasteiger partial charge in [0.2, 0.25) is 5.91 Å². The minimum atomic E-state index is -0.397. The second kappa shape index (κ2) is 8.83. The third-order valence-electron chi connectivity index (χ3n) is 6.20. The Kier molecular flexibility index (Phi) is 6.11. The van der Waals surface area contributed by atoms with Crippen molar-refractivity contribution < 1.29 is 13.6 Å². The molecule has 0 radical (unpaired) electrons. The molecule has 0 atom stereocenters. The van der Waals surface area contributed by atoms with Crippen LogP contribution in [0, 0.1) is 27.7 Å². The van der Waals surface area contributed by atoms with E-state index < -0.39 is 5.63 Å². The van der Waals surface area contributed by atoms with E-state index in [1.54, 1.807) is 0 Å². The van der Waals surface area contributed by atoms with Gasteiger partial charge in [-0.1, -0.05) is 23.7 Å². The first-order chi connectivity index (χ1) is 15.3. The number of amides is 1. The second-order valence-corrected chi connectivity index (χ2v) is 8.69. The highest BCUT2D eigenvalue weighted by Crippen LogP contribution is 2.34. The van der Waals surface area contributed by atoms with Crippen molar-refractivity contribution in [3.8, 4) is 0 Å². The van der Waals surface area contributed by atoms with Crippen LogP contribution in [0.1, 0.15) is 40.0 Å². The molecule has 0 bridgehead atoms. The number of carbonyl (C=O) groups excluding carboxylic acids is 1. The number of benzene rings is 2. The van der Waals surface area contributed by atoms with Crippen LogP contribution in [-0.4, -0.2) is 12.5 Å². The fraction of sp³-hybridized carbons (Fsp3) is 0.308. The lowest BCUT2D eigenvalue weighted by atomic mass is 9.98. The highest BCUT2D eigenvalue weighted by atomic mass is 35.5. The number of nitrogens with one attached hydrogen (secondary N) is 1. The summed E-state index contributed by atoms with van der Waals surface area (Å²) in [6.07, 6.45) is 1.28. The molecular formula is C26H26ClNO4. The summed E-state index contributed by atoms with van der Waals surface area (Å²) < 4.78 is 11.6. The zero-order valence-electron chi connectivity index (χ0n) is 18.7. The molecule has 32 heavy (non-hydrogen) atoms. The van der Waals surface area contributed by atoms with Gasteiger partial charge in [-0.3, -0.25) is 4.79 Å². The third-order valence-corrected chi connectivity index (χ3v) is 6.45. The molecule has 0 aliphatic heterocycles. The third kappa shape index (κ3) is 4.17. The monoisotopic (exact) mass is 451 g/mol. The highest BCUT2D eigenvalue weighted by Gasteiger charge is 2.19. The molecule has 0 aliphatic carbocycles. The van der Waals surface area contributed by atoms with E-state index in [9.17, 15) is 9.59 Å². The first-order valence-corrected chi connectivity index (χ1v) is 11.1. The second-order valence-electron chi connectivity index (χ2n) is 8.26. The number of furan rings is 1. The molecule has 1 amide bonds. The Labute approximate surface area is 191 Å². The Bertz CT molecular complexity index is 1380. The maximum atomic E-state index is 12.7. The van der Waals surface area contributed by atoms with Gasteiger partial charge in [-0.05, 0) is 75.4 Å². The maximum absolute atomic E-state index is 12.7. The van der Waals surface area contributed by atoms with Crippen LogP contribution in [0.4, 0.5) is 0 Å². The van der Waals surface area contributed by atoms with Crippen LogP contribution in [0.25, 0.3) is 21.9 Å². The summed E-state index contributed by atoms with van der Waals surface area (Å²) in [6, 6.07) is 9.59. The number of halogens is 1. The minimum Gasteiger partial charge on any atom is -0.461 e. The zero-order chi connectivity index (χ0) is 23.0. The van der Waals surface area contributed by atoms with E-state index >= 15 is 0 Å². The summed E-state index contributed by atoms with van der Waals surface area (Å²) in [4.78, 5) is 25.1. The van der Waals surface area contributed by atoms with E-state index in [0.717, 1.165) is 50.8 Å². The summed E-state index contributed by atoms with van der Waals surface area (Å²) in [6.45, 7) is 8.31. The minimum absolute atomic E-state index is 0.0919. The molecule has 0 unspecified atom stereocenters. The van der Waals surface area contributed by atoms with Gasteiger partial charge in [-0.2, -0.15) is 0 Å². The van der Waals surface area contributed by atoms with Crippen molar-refractivity contribution in [2.75, 3.05) is 6.54 Å². The molecule has 0 saturated heterocycles. The molecule has 4 aromatic rings. The summed E-state index contributed by atoms with van der Waals surface area (Å²) in [5.74, 6) is 0.764. The molecule has 4 rings (SSSR count). The van der Waals surface area contributed by atoms with Crippen LogP contribution >= 0.6 is 11.6 Å². The Morgan fingerprint density at radius 2 is 1.56 bits per heavy atom. The van der Waals surface area contributed by atoms with Crippen molar-refractivity contribution in [2.45, 2.75) is 47.0 Å². The van der Waals surface area contributed by atoms with Gasteiger partial charge in [-0.25, -0.2) is 4.79 Å². The van der Waals surface area contributed by atoms with Crippen molar-refractivity contribution in [3.05, 3.63) is 79.4 Å². The number of fused-ring (bicyclic) bond motifs is 2. The molecule has 166 valence electrons. The predicted octanol–water partition coefficient (Wildman–Crippen LogP) is 5.72. The zero-order valence-corrected chi connectivity index (χ0v) is 19.5. The van der Waals surface area contributed by atoms with Gasteiger partial charge in [0.05, 0.1) is 0 Å². The highest BCUT2D eigenvalue weighted by molar-refractivity contribution is 6.30. The fourth-order valence-corrected chi connectivity index (χ4v) is 4.23. The summed E-state index contributed by atoms with van der Waals surface area (Å²) >= 11 is 5.90. The van der Waals surface area contributed by atoms with Gasteiger partial charge < -0.3 is 14.2 Å². The predicted molar refractivity (Wildman–Crippen MR) is 128 cm³/mol. The first-order valence-electron chi connectivity index (χ1n) is 10.7. The molecule has 6 heteroatoms. The molecule has 0 aliphatic rings. The van der Waals surface area contributed by atoms with Gasteiger partial charge in [-0.15, -0.1) is 0 Å². The van der Waals surface area contributed by atoms with Crippen LogP contribution < -0.4 is 10.9 Å². The Hall–Kier alpha value is -3.05. The SMILES string of the molecule is Cc1oc2c(C)c3oc(=O)c(CCC(=O)NCCc4ccc(Cl)cc4)c(C)c3cc2c1C. The lowest BCUT2D eigenvalue weighted by Gasteiger charge is -2.10. The molecule has 0 fully saturated rings. The van der Waals surface area contributed by atoms with Gasteiger partial charge >= 0.3 is 5.63 Å². The summed E-state index contributed by atoms with van der Waals surface area (Å²) in [5, 5.41) is 5.52. The number of rotatable bonds is 6. The average Bonchev–Trinajstić information content (AvgIpc) is 3.05. The van der Waals surface area contributed by atoms with Crippen molar-refractivity contribution in [1.29, 1.82) is 0 Å². The number of hydrogen-bond donors (Lipinski definition) is 1. The van der Waals surface area contributed by atoms with Gasteiger partial charge in [0, 0.05) is 39.9 Å². The molecule has 2 aromatic carbocycles. The van der Waals surface area contributed by atoms with Crippen molar-refractivity contribution in [2.24, 2.45) is 0 Å². The number of carbonyl (C=O) groups is 1. The molecule has 0 saturated carbocycles. The summed E-state index contributed by atoms with van der Waals surface area (Å²) in [7, 11) is 0. The van der Waals surface area contributed by atoms with E-state index in [4.69, 9.17) is 20.4 Å². The van der Waals surface area contributed by atoms with E-state index in [2.05, 4.69) is 5.32 Å². The quantitative estimate of drug-likeness (QED) is 0.380. The molecule has 0 spiro atoms. The standard InChI is InChI=1S/C26H26ClNO4/c1-14-17(4)31-24-16(3)25-22(13-21(14)24)15(2)20(26(30)32-25)9-10-23(29)28-12-11-18-5-7-19(27)8-6-18/h5-8,13H,9-12H2,1-4H3,(H,28,29). The topological polar surface area (TPSA) is 72.5 Å². The molecule has 5 nitrogen and oxygen atoms in total. The van der Waals surface area contributed by atoms with Gasteiger partial charge in [0.25, 0.3) is 0 Å². The van der Waals surface area contributed by atoms with E-state index in [-0.39, 0.29) is 12.3 Å². The van der Waals surface area contributed by atoms with Crippen LogP contribution in [0.3, 0.4) is 0 Å². The Morgan fingerprint density at radius 3 is 2.28 bits per heavy atom. The fourth-order valence-electron chi connectivity index (χ4n) is 4.11. The van der Waals surface area contributed by atoms with Crippen LogP contribution in [-0.2, 0) is 17.6 Å². The Morgan fingerprint density at radius 1 is 0.906 bits per heavy atom. The van der Waals surface area contributed by atoms with Crippen molar-refractivity contribution in [1.82, 2.24) is 5.32 Å². The number of aryl methyl sites for hydroxylation is 4. The molecule has 2 aromatic heterocycles. The van der Waals surface area contributed by atoms with E-state index in [0.29, 0.717) is 29.1 Å².